The highest BCUT2D eigenvalue weighted by atomic mass is 16.5. The lowest BCUT2D eigenvalue weighted by Crippen LogP contribution is -2.11. The van der Waals surface area contributed by atoms with E-state index in [1.54, 1.807) is 13.2 Å². The van der Waals surface area contributed by atoms with E-state index in [0.717, 1.165) is 17.3 Å². The largest absolute Gasteiger partial charge is 0.497 e. The molecule has 0 atom stereocenters. The minimum atomic E-state index is 0.410. The van der Waals surface area contributed by atoms with Crippen molar-refractivity contribution in [2.75, 3.05) is 19.1 Å². The molecule has 2 rings (SSSR count). The molecule has 0 aliphatic rings. The fraction of sp³-hybridized carbons (Fsp3) is 0.143. The molecule has 0 bridgehead atoms. The van der Waals surface area contributed by atoms with Gasteiger partial charge in [0.25, 0.3) is 0 Å². The highest BCUT2D eigenvalue weighted by Gasteiger charge is 2.06. The predicted octanol–water partition coefficient (Wildman–Crippen LogP) is 2.73. The van der Waals surface area contributed by atoms with Crippen LogP contribution < -0.4 is 9.64 Å². The van der Waals surface area contributed by atoms with Crippen LogP contribution in [0.1, 0.15) is 5.69 Å². The molecular formula is C14H13N3O. The van der Waals surface area contributed by atoms with Crippen molar-refractivity contribution < 1.29 is 4.74 Å². The molecule has 0 saturated heterocycles. The van der Waals surface area contributed by atoms with Crippen molar-refractivity contribution in [3.63, 3.8) is 0 Å². The number of hydrogen-bond acceptors (Lipinski definition) is 4. The van der Waals surface area contributed by atoms with Gasteiger partial charge in [-0.05, 0) is 36.4 Å². The maximum atomic E-state index is 8.84. The van der Waals surface area contributed by atoms with Gasteiger partial charge in [-0.25, -0.2) is 4.98 Å². The van der Waals surface area contributed by atoms with Crippen LogP contribution in [-0.4, -0.2) is 19.1 Å². The third kappa shape index (κ3) is 2.41. The second kappa shape index (κ2) is 5.19. The summed E-state index contributed by atoms with van der Waals surface area (Å²) in [5.41, 5.74) is 1.39. The smallest absolute Gasteiger partial charge is 0.142 e. The zero-order chi connectivity index (χ0) is 13.0. The highest BCUT2D eigenvalue weighted by Crippen LogP contribution is 2.23. The Balaban J connectivity index is 2.29. The van der Waals surface area contributed by atoms with Crippen LogP contribution in [0.5, 0.6) is 5.75 Å². The Morgan fingerprint density at radius 2 is 1.89 bits per heavy atom. The van der Waals surface area contributed by atoms with E-state index in [1.807, 2.05) is 54.4 Å². The fourth-order valence-electron chi connectivity index (χ4n) is 1.61. The molecule has 4 heteroatoms. The number of aromatic nitrogens is 1. The third-order valence-corrected chi connectivity index (χ3v) is 2.65. The summed E-state index contributed by atoms with van der Waals surface area (Å²) < 4.78 is 5.11. The van der Waals surface area contributed by atoms with Gasteiger partial charge in [-0.2, -0.15) is 5.26 Å². The van der Waals surface area contributed by atoms with E-state index in [1.165, 1.54) is 0 Å². The summed E-state index contributed by atoms with van der Waals surface area (Å²) in [6.45, 7) is 0. The van der Waals surface area contributed by atoms with E-state index in [-0.39, 0.29) is 0 Å². The first-order valence-electron chi connectivity index (χ1n) is 5.49. The molecule has 2 aromatic rings. The van der Waals surface area contributed by atoms with Crippen LogP contribution in [0.2, 0.25) is 0 Å². The number of benzene rings is 1. The topological polar surface area (TPSA) is 49.1 Å². The molecule has 0 amide bonds. The Bertz CT molecular complexity index is 572. The third-order valence-electron chi connectivity index (χ3n) is 2.65. The van der Waals surface area contributed by atoms with Gasteiger partial charge in [0.15, 0.2) is 0 Å². The summed E-state index contributed by atoms with van der Waals surface area (Å²) in [6.07, 6.45) is 0. The minimum absolute atomic E-state index is 0.410. The molecule has 1 aromatic carbocycles. The van der Waals surface area contributed by atoms with Gasteiger partial charge in [0.2, 0.25) is 0 Å². The molecule has 0 N–H and O–H groups in total. The van der Waals surface area contributed by atoms with Crippen LogP contribution >= 0.6 is 0 Å². The Morgan fingerprint density at radius 1 is 1.17 bits per heavy atom. The highest BCUT2D eigenvalue weighted by molar-refractivity contribution is 5.60. The SMILES string of the molecule is COc1ccc(N(C)c2cccc(C#N)n2)cc1. The number of anilines is 2. The van der Waals surface area contributed by atoms with Crippen molar-refractivity contribution in [3.05, 3.63) is 48.2 Å². The predicted molar refractivity (Wildman–Crippen MR) is 70.0 cm³/mol. The molecule has 1 heterocycles. The number of methoxy groups -OCH3 is 1. The zero-order valence-corrected chi connectivity index (χ0v) is 10.3. The molecule has 1 aromatic heterocycles. The number of hydrogen-bond donors (Lipinski definition) is 0. The van der Waals surface area contributed by atoms with Gasteiger partial charge in [-0.1, -0.05) is 6.07 Å². The van der Waals surface area contributed by atoms with E-state index in [2.05, 4.69) is 4.98 Å². The molecular weight excluding hydrogens is 226 g/mol. The second-order valence-electron chi connectivity index (χ2n) is 3.75. The van der Waals surface area contributed by atoms with Crippen LogP contribution in [0.25, 0.3) is 0 Å². The first kappa shape index (κ1) is 11.9. The van der Waals surface area contributed by atoms with Crippen molar-refractivity contribution in [2.24, 2.45) is 0 Å². The van der Waals surface area contributed by atoms with Crippen molar-refractivity contribution in [2.45, 2.75) is 0 Å². The van der Waals surface area contributed by atoms with Crippen LogP contribution in [0.3, 0.4) is 0 Å². The maximum Gasteiger partial charge on any atom is 0.142 e. The molecule has 18 heavy (non-hydrogen) atoms. The molecule has 0 saturated carbocycles. The molecule has 4 nitrogen and oxygen atoms in total. The van der Waals surface area contributed by atoms with Crippen LogP contribution in [0.4, 0.5) is 11.5 Å². The van der Waals surface area contributed by atoms with E-state index in [9.17, 15) is 0 Å². The molecule has 0 fully saturated rings. The normalized spacial score (nSPS) is 9.61. The van der Waals surface area contributed by atoms with Crippen molar-refractivity contribution >= 4 is 11.5 Å². The van der Waals surface area contributed by atoms with Crippen molar-refractivity contribution in [1.29, 1.82) is 5.26 Å². The second-order valence-corrected chi connectivity index (χ2v) is 3.75. The lowest BCUT2D eigenvalue weighted by molar-refractivity contribution is 0.415. The van der Waals surface area contributed by atoms with Gasteiger partial charge in [-0.3, -0.25) is 0 Å². The Kier molecular flexibility index (Phi) is 3.44. The summed E-state index contributed by atoms with van der Waals surface area (Å²) in [5.74, 6) is 1.55. The summed E-state index contributed by atoms with van der Waals surface area (Å²) in [4.78, 5) is 6.16. The Labute approximate surface area is 106 Å². The number of ether oxygens (including phenoxy) is 1. The average Bonchev–Trinajstić information content (AvgIpc) is 2.46. The van der Waals surface area contributed by atoms with E-state index in [0.29, 0.717) is 5.69 Å². The molecule has 90 valence electrons. The van der Waals surface area contributed by atoms with Crippen molar-refractivity contribution in [1.82, 2.24) is 4.98 Å². The van der Waals surface area contributed by atoms with Crippen LogP contribution in [-0.2, 0) is 0 Å². The van der Waals surface area contributed by atoms with Gasteiger partial charge in [-0.15, -0.1) is 0 Å². The van der Waals surface area contributed by atoms with E-state index in [4.69, 9.17) is 10.00 Å². The number of pyridine rings is 1. The van der Waals surface area contributed by atoms with Gasteiger partial charge < -0.3 is 9.64 Å². The summed E-state index contributed by atoms with van der Waals surface area (Å²) in [5, 5.41) is 8.84. The Hall–Kier alpha value is -2.54. The fourth-order valence-corrected chi connectivity index (χ4v) is 1.61. The monoisotopic (exact) mass is 239 g/mol. The molecule has 0 spiro atoms. The van der Waals surface area contributed by atoms with Gasteiger partial charge in [0, 0.05) is 12.7 Å². The maximum absolute atomic E-state index is 8.84. The average molecular weight is 239 g/mol. The van der Waals surface area contributed by atoms with Gasteiger partial charge in [0.1, 0.15) is 23.3 Å². The summed E-state index contributed by atoms with van der Waals surface area (Å²) >= 11 is 0. The van der Waals surface area contributed by atoms with E-state index >= 15 is 0 Å². The lowest BCUT2D eigenvalue weighted by Gasteiger charge is -2.18. The molecule has 0 radical (unpaired) electrons. The molecule has 0 aliphatic carbocycles. The Morgan fingerprint density at radius 3 is 2.50 bits per heavy atom. The standard InChI is InChI=1S/C14H13N3O/c1-17(12-6-8-13(18-2)9-7-12)14-5-3-4-11(10-15)16-14/h3-9H,1-2H3. The summed E-state index contributed by atoms with van der Waals surface area (Å²) in [7, 11) is 3.54. The first-order valence-corrected chi connectivity index (χ1v) is 5.49. The van der Waals surface area contributed by atoms with Crippen molar-refractivity contribution in [3.8, 4) is 11.8 Å². The number of rotatable bonds is 3. The zero-order valence-electron chi connectivity index (χ0n) is 10.3. The van der Waals surface area contributed by atoms with Gasteiger partial charge >= 0.3 is 0 Å². The number of nitriles is 1. The minimum Gasteiger partial charge on any atom is -0.497 e. The quantitative estimate of drug-likeness (QED) is 0.826. The van der Waals surface area contributed by atoms with E-state index < -0.39 is 0 Å². The van der Waals surface area contributed by atoms with Crippen LogP contribution in [0.15, 0.2) is 42.5 Å². The first-order chi connectivity index (χ1) is 8.74. The van der Waals surface area contributed by atoms with Gasteiger partial charge in [0.05, 0.1) is 7.11 Å². The van der Waals surface area contributed by atoms with Crippen LogP contribution in [0, 0.1) is 11.3 Å². The lowest BCUT2D eigenvalue weighted by atomic mass is 10.2. The number of nitrogens with zero attached hydrogens (tertiary/aromatic N) is 3. The molecule has 0 aliphatic heterocycles. The molecule has 0 unspecified atom stereocenters. The summed E-state index contributed by atoms with van der Waals surface area (Å²) in [6, 6.07) is 15.1.